The molecule has 2 fully saturated rings. The van der Waals surface area contributed by atoms with Crippen LogP contribution in [0.5, 0.6) is 0 Å². The number of likely N-dealkylation sites (tertiary alicyclic amines) is 1. The van der Waals surface area contributed by atoms with Crippen LogP contribution in [0.25, 0.3) is 0 Å². The first-order valence-electron chi connectivity index (χ1n) is 6.05. The Hall–Kier alpha value is -1.06. The van der Waals surface area contributed by atoms with Crippen LogP contribution in [0.2, 0.25) is 0 Å². The minimum atomic E-state index is -0.821. The third-order valence-corrected chi connectivity index (χ3v) is 3.78. The lowest BCUT2D eigenvalue weighted by Gasteiger charge is -2.27. The topological polar surface area (TPSA) is 57.6 Å². The number of carboxylic acids is 1. The second kappa shape index (κ2) is 4.07. The normalized spacial score (nSPS) is 33.2. The van der Waals surface area contributed by atoms with Crippen LogP contribution in [0.4, 0.5) is 0 Å². The highest BCUT2D eigenvalue weighted by atomic mass is 16.4. The summed E-state index contributed by atoms with van der Waals surface area (Å²) < 4.78 is 0. The van der Waals surface area contributed by atoms with Crippen LogP contribution in [-0.2, 0) is 9.59 Å². The van der Waals surface area contributed by atoms with Crippen molar-refractivity contribution in [3.63, 3.8) is 0 Å². The number of carboxylic acid groups (broad SMARTS) is 1. The van der Waals surface area contributed by atoms with Crippen LogP contribution in [0, 0.1) is 17.8 Å². The fourth-order valence-electron chi connectivity index (χ4n) is 2.71. The van der Waals surface area contributed by atoms with Gasteiger partial charge in [0.15, 0.2) is 0 Å². The molecule has 1 saturated heterocycles. The van der Waals surface area contributed by atoms with Crippen LogP contribution in [0.1, 0.15) is 33.1 Å². The SMILES string of the molecule is CC(C)C1CCCN1C(=O)[C@@H]1C[C@@H]1C(=O)O. The Balaban J connectivity index is 1.98. The third-order valence-electron chi connectivity index (χ3n) is 3.78. The highest BCUT2D eigenvalue weighted by Gasteiger charge is 2.51. The molecule has 0 spiro atoms. The van der Waals surface area contributed by atoms with Crippen molar-refractivity contribution in [2.75, 3.05) is 6.54 Å². The monoisotopic (exact) mass is 225 g/mol. The number of carbonyl (C=O) groups is 2. The zero-order valence-electron chi connectivity index (χ0n) is 9.85. The van der Waals surface area contributed by atoms with Crippen LogP contribution in [-0.4, -0.2) is 34.5 Å². The molecule has 1 amide bonds. The average Bonchev–Trinajstić information content (AvgIpc) is 2.86. The predicted octanol–water partition coefficient (Wildman–Crippen LogP) is 1.35. The summed E-state index contributed by atoms with van der Waals surface area (Å²) in [4.78, 5) is 24.8. The molecule has 2 aliphatic rings. The summed E-state index contributed by atoms with van der Waals surface area (Å²) in [7, 11) is 0. The summed E-state index contributed by atoms with van der Waals surface area (Å²) in [5.41, 5.74) is 0. The average molecular weight is 225 g/mol. The molecule has 0 aromatic carbocycles. The number of hydrogen-bond donors (Lipinski definition) is 1. The Labute approximate surface area is 95.6 Å². The summed E-state index contributed by atoms with van der Waals surface area (Å²) in [5, 5.41) is 8.82. The van der Waals surface area contributed by atoms with Crippen LogP contribution in [0.15, 0.2) is 0 Å². The molecular formula is C12H19NO3. The molecule has 4 nitrogen and oxygen atoms in total. The van der Waals surface area contributed by atoms with Crippen molar-refractivity contribution in [3.05, 3.63) is 0 Å². The highest BCUT2D eigenvalue weighted by Crippen LogP contribution is 2.41. The lowest BCUT2D eigenvalue weighted by Crippen LogP contribution is -2.39. The van der Waals surface area contributed by atoms with Gasteiger partial charge in [-0.25, -0.2) is 0 Å². The summed E-state index contributed by atoms with van der Waals surface area (Å²) in [6.45, 7) is 5.06. The van der Waals surface area contributed by atoms with Crippen molar-refractivity contribution in [2.45, 2.75) is 39.2 Å². The van der Waals surface area contributed by atoms with E-state index in [1.54, 1.807) is 0 Å². The first-order valence-corrected chi connectivity index (χ1v) is 6.05. The minimum Gasteiger partial charge on any atom is -0.481 e. The fraction of sp³-hybridized carbons (Fsp3) is 0.833. The van der Waals surface area contributed by atoms with E-state index in [4.69, 9.17) is 5.11 Å². The van der Waals surface area contributed by atoms with Crippen molar-refractivity contribution >= 4 is 11.9 Å². The van der Waals surface area contributed by atoms with E-state index in [9.17, 15) is 9.59 Å². The van der Waals surface area contributed by atoms with Crippen molar-refractivity contribution < 1.29 is 14.7 Å². The van der Waals surface area contributed by atoms with E-state index in [-0.39, 0.29) is 11.8 Å². The van der Waals surface area contributed by atoms with E-state index >= 15 is 0 Å². The smallest absolute Gasteiger partial charge is 0.307 e. The van der Waals surface area contributed by atoms with Gasteiger partial charge in [0.05, 0.1) is 11.8 Å². The lowest BCUT2D eigenvalue weighted by molar-refractivity contribution is -0.142. The molecule has 4 heteroatoms. The Morgan fingerprint density at radius 2 is 2.00 bits per heavy atom. The molecule has 0 aromatic heterocycles. The quantitative estimate of drug-likeness (QED) is 0.788. The minimum absolute atomic E-state index is 0.0728. The molecule has 16 heavy (non-hydrogen) atoms. The predicted molar refractivity (Wildman–Crippen MR) is 58.8 cm³/mol. The Morgan fingerprint density at radius 1 is 1.31 bits per heavy atom. The van der Waals surface area contributed by atoms with E-state index in [1.807, 2.05) is 4.90 Å². The molecule has 1 heterocycles. The highest BCUT2D eigenvalue weighted by molar-refractivity contribution is 5.89. The van der Waals surface area contributed by atoms with Gasteiger partial charge in [-0.2, -0.15) is 0 Å². The zero-order valence-corrected chi connectivity index (χ0v) is 9.85. The first kappa shape index (κ1) is 11.4. The maximum absolute atomic E-state index is 12.1. The number of aliphatic carboxylic acids is 1. The molecule has 1 unspecified atom stereocenters. The van der Waals surface area contributed by atoms with E-state index in [0.29, 0.717) is 18.4 Å². The fourth-order valence-corrected chi connectivity index (χ4v) is 2.71. The van der Waals surface area contributed by atoms with E-state index in [1.165, 1.54) is 0 Å². The number of amides is 1. The standard InChI is InChI=1S/C12H19NO3/c1-7(2)10-4-3-5-13(10)11(14)8-6-9(8)12(15)16/h7-10H,3-6H2,1-2H3,(H,15,16)/t8-,9+,10?/m1/s1. The number of nitrogens with zero attached hydrogens (tertiary/aromatic N) is 1. The first-order chi connectivity index (χ1) is 7.52. The van der Waals surface area contributed by atoms with Gasteiger partial charge >= 0.3 is 5.97 Å². The Kier molecular flexibility index (Phi) is 2.91. The largest absolute Gasteiger partial charge is 0.481 e. The Bertz CT molecular complexity index is 313. The van der Waals surface area contributed by atoms with Crippen molar-refractivity contribution in [3.8, 4) is 0 Å². The lowest BCUT2D eigenvalue weighted by atomic mass is 10.0. The van der Waals surface area contributed by atoms with Gasteiger partial charge in [0.1, 0.15) is 0 Å². The van der Waals surface area contributed by atoms with Crippen molar-refractivity contribution in [1.82, 2.24) is 4.90 Å². The molecule has 90 valence electrons. The van der Waals surface area contributed by atoms with Crippen LogP contribution in [0.3, 0.4) is 0 Å². The Morgan fingerprint density at radius 3 is 2.50 bits per heavy atom. The van der Waals surface area contributed by atoms with Gasteiger partial charge in [-0.15, -0.1) is 0 Å². The second-order valence-corrected chi connectivity index (χ2v) is 5.27. The van der Waals surface area contributed by atoms with Gasteiger partial charge in [0.25, 0.3) is 0 Å². The summed E-state index contributed by atoms with van der Waals surface area (Å²) in [6, 6.07) is 0.322. The summed E-state index contributed by atoms with van der Waals surface area (Å²) in [6.07, 6.45) is 2.66. The van der Waals surface area contributed by atoms with Gasteiger partial charge in [0, 0.05) is 12.6 Å². The number of hydrogen-bond acceptors (Lipinski definition) is 2. The molecule has 0 radical (unpaired) electrons. The second-order valence-electron chi connectivity index (χ2n) is 5.27. The summed E-state index contributed by atoms with van der Waals surface area (Å²) >= 11 is 0. The number of rotatable bonds is 3. The van der Waals surface area contributed by atoms with Gasteiger partial charge in [-0.1, -0.05) is 13.8 Å². The van der Waals surface area contributed by atoms with Crippen LogP contribution >= 0.6 is 0 Å². The third kappa shape index (κ3) is 1.93. The van der Waals surface area contributed by atoms with Gasteiger partial charge < -0.3 is 10.0 Å². The molecule has 0 aromatic rings. The molecule has 2 rings (SSSR count). The molecule has 1 N–H and O–H groups in total. The maximum Gasteiger partial charge on any atom is 0.307 e. The zero-order chi connectivity index (χ0) is 11.9. The van der Waals surface area contributed by atoms with E-state index in [0.717, 1.165) is 19.4 Å². The summed E-state index contributed by atoms with van der Waals surface area (Å²) in [5.74, 6) is -0.937. The molecule has 3 atom stereocenters. The molecule has 1 aliphatic heterocycles. The number of carbonyl (C=O) groups excluding carboxylic acids is 1. The van der Waals surface area contributed by atoms with Gasteiger partial charge in [-0.05, 0) is 25.2 Å². The molecule has 1 saturated carbocycles. The maximum atomic E-state index is 12.1. The molecule has 1 aliphatic carbocycles. The van der Waals surface area contributed by atoms with E-state index < -0.39 is 11.9 Å². The van der Waals surface area contributed by atoms with Crippen LogP contribution < -0.4 is 0 Å². The van der Waals surface area contributed by atoms with Gasteiger partial charge in [0.2, 0.25) is 5.91 Å². The molecular weight excluding hydrogens is 206 g/mol. The van der Waals surface area contributed by atoms with Gasteiger partial charge in [-0.3, -0.25) is 9.59 Å². The van der Waals surface area contributed by atoms with Crippen molar-refractivity contribution in [1.29, 1.82) is 0 Å². The van der Waals surface area contributed by atoms with Crippen molar-refractivity contribution in [2.24, 2.45) is 17.8 Å². The van der Waals surface area contributed by atoms with E-state index in [2.05, 4.69) is 13.8 Å². The molecule has 0 bridgehead atoms.